The molecular formula is C25H45N3O3. The van der Waals surface area contributed by atoms with Crippen molar-refractivity contribution in [2.24, 2.45) is 5.92 Å². The standard InChI is InChI=1S/C25H45N3O3/c1-2-14-28-15-5-12-25(19-29-17-13-26-25)23(28)18-31-21-10-8-20(9-11-21)22-6-4-7-24(27-22)30-16-3-1/h20-24,26-27H,1-19H2. The highest BCUT2D eigenvalue weighted by Crippen LogP contribution is 2.35. The van der Waals surface area contributed by atoms with E-state index in [-0.39, 0.29) is 11.8 Å². The summed E-state index contributed by atoms with van der Waals surface area (Å²) in [6.07, 6.45) is 15.7. The van der Waals surface area contributed by atoms with Crippen LogP contribution in [-0.4, -0.2) is 80.9 Å². The molecule has 178 valence electrons. The maximum absolute atomic E-state index is 6.67. The molecule has 5 heterocycles. The first-order valence-corrected chi connectivity index (χ1v) is 13.4. The van der Waals surface area contributed by atoms with Crippen LogP contribution in [0.2, 0.25) is 0 Å². The van der Waals surface area contributed by atoms with Crippen molar-refractivity contribution in [3.63, 3.8) is 0 Å². The molecule has 0 aromatic rings. The van der Waals surface area contributed by atoms with E-state index in [0.29, 0.717) is 18.2 Å². The van der Waals surface area contributed by atoms with Crippen molar-refractivity contribution >= 4 is 0 Å². The molecule has 4 unspecified atom stereocenters. The van der Waals surface area contributed by atoms with Crippen molar-refractivity contribution < 1.29 is 14.2 Å². The fourth-order valence-electron chi connectivity index (χ4n) is 6.99. The average Bonchev–Trinajstić information content (AvgIpc) is 2.82. The Kier molecular flexibility index (Phi) is 7.85. The van der Waals surface area contributed by atoms with E-state index in [1.165, 1.54) is 90.1 Å². The number of fused-ring (bicyclic) bond motifs is 8. The molecule has 6 fully saturated rings. The predicted molar refractivity (Wildman–Crippen MR) is 122 cm³/mol. The molecule has 0 aromatic carbocycles. The second-order valence-electron chi connectivity index (χ2n) is 10.8. The summed E-state index contributed by atoms with van der Waals surface area (Å²) in [6.45, 7) is 6.80. The van der Waals surface area contributed by atoms with Crippen molar-refractivity contribution in [3.8, 4) is 0 Å². The largest absolute Gasteiger partial charge is 0.378 e. The molecule has 5 saturated heterocycles. The molecule has 6 rings (SSSR count). The molecule has 4 atom stereocenters. The fraction of sp³-hybridized carbons (Fsp3) is 1.00. The summed E-state index contributed by atoms with van der Waals surface area (Å²) in [5.41, 5.74) is 0.0840. The normalized spacial score (nSPS) is 43.9. The second kappa shape index (κ2) is 10.8. The van der Waals surface area contributed by atoms with Crippen LogP contribution < -0.4 is 10.6 Å². The Morgan fingerprint density at radius 1 is 0.806 bits per heavy atom. The Balaban J connectivity index is 1.27. The Morgan fingerprint density at radius 2 is 1.71 bits per heavy atom. The van der Waals surface area contributed by atoms with Crippen molar-refractivity contribution in [2.75, 3.05) is 46.1 Å². The van der Waals surface area contributed by atoms with E-state index in [1.54, 1.807) is 0 Å². The van der Waals surface area contributed by atoms with Gasteiger partial charge in [0.1, 0.15) is 6.23 Å². The summed E-state index contributed by atoms with van der Waals surface area (Å²) in [7, 11) is 0. The van der Waals surface area contributed by atoms with E-state index in [1.807, 2.05) is 0 Å². The number of ether oxygens (including phenoxy) is 3. The quantitative estimate of drug-likeness (QED) is 0.610. The molecule has 2 N–H and O–H groups in total. The highest BCUT2D eigenvalue weighted by atomic mass is 16.5. The lowest BCUT2D eigenvalue weighted by Gasteiger charge is -2.52. The number of nitrogens with zero attached hydrogens (tertiary/aromatic N) is 1. The van der Waals surface area contributed by atoms with Crippen LogP contribution in [0.25, 0.3) is 0 Å². The molecule has 0 aromatic heterocycles. The van der Waals surface area contributed by atoms with Gasteiger partial charge in [0.2, 0.25) is 0 Å². The van der Waals surface area contributed by atoms with Crippen LogP contribution in [0.5, 0.6) is 0 Å². The van der Waals surface area contributed by atoms with Gasteiger partial charge in [-0.2, -0.15) is 0 Å². The van der Waals surface area contributed by atoms with E-state index >= 15 is 0 Å². The summed E-state index contributed by atoms with van der Waals surface area (Å²) >= 11 is 0. The Hall–Kier alpha value is -0.240. The van der Waals surface area contributed by atoms with Gasteiger partial charge >= 0.3 is 0 Å². The Morgan fingerprint density at radius 3 is 2.58 bits per heavy atom. The lowest BCUT2D eigenvalue weighted by Crippen LogP contribution is -2.70. The van der Waals surface area contributed by atoms with Crippen molar-refractivity contribution in [3.05, 3.63) is 0 Å². The van der Waals surface area contributed by atoms with E-state index in [0.717, 1.165) is 38.9 Å². The van der Waals surface area contributed by atoms with Crippen molar-refractivity contribution in [1.29, 1.82) is 0 Å². The highest BCUT2D eigenvalue weighted by molar-refractivity contribution is 5.04. The van der Waals surface area contributed by atoms with E-state index in [9.17, 15) is 0 Å². The zero-order chi connectivity index (χ0) is 20.9. The van der Waals surface area contributed by atoms with Crippen LogP contribution in [0.3, 0.4) is 0 Å². The fourth-order valence-corrected chi connectivity index (χ4v) is 6.99. The first-order chi connectivity index (χ1) is 15.3. The van der Waals surface area contributed by atoms with Crippen LogP contribution in [0.1, 0.15) is 77.0 Å². The summed E-state index contributed by atoms with van der Waals surface area (Å²) in [4.78, 5) is 2.73. The van der Waals surface area contributed by atoms with Crippen LogP contribution in [-0.2, 0) is 14.2 Å². The van der Waals surface area contributed by atoms with Crippen LogP contribution in [0, 0.1) is 5.92 Å². The molecule has 6 aliphatic rings. The lowest BCUT2D eigenvalue weighted by molar-refractivity contribution is -0.0922. The van der Waals surface area contributed by atoms with Crippen molar-refractivity contribution in [1.82, 2.24) is 15.5 Å². The number of piperidine rings is 2. The number of rotatable bonds is 0. The zero-order valence-electron chi connectivity index (χ0n) is 19.5. The molecule has 1 aliphatic carbocycles. The molecule has 0 amide bonds. The number of hydrogen-bond donors (Lipinski definition) is 2. The summed E-state index contributed by atoms with van der Waals surface area (Å²) in [6, 6.07) is 1.09. The average molecular weight is 436 g/mol. The minimum absolute atomic E-state index is 0.0840. The minimum Gasteiger partial charge on any atom is -0.378 e. The van der Waals surface area contributed by atoms with Crippen LogP contribution >= 0.6 is 0 Å². The third-order valence-electron chi connectivity index (χ3n) is 8.80. The van der Waals surface area contributed by atoms with Crippen LogP contribution in [0.4, 0.5) is 0 Å². The number of hydrogen-bond acceptors (Lipinski definition) is 6. The van der Waals surface area contributed by atoms with Gasteiger partial charge in [-0.3, -0.25) is 10.2 Å². The third kappa shape index (κ3) is 5.47. The maximum atomic E-state index is 6.67. The van der Waals surface area contributed by atoms with E-state index in [4.69, 9.17) is 14.2 Å². The molecule has 0 radical (unpaired) electrons. The van der Waals surface area contributed by atoms with Gasteiger partial charge < -0.3 is 19.5 Å². The predicted octanol–water partition coefficient (Wildman–Crippen LogP) is 3.05. The first kappa shape index (κ1) is 22.5. The molecule has 6 nitrogen and oxygen atoms in total. The first-order valence-electron chi connectivity index (χ1n) is 13.4. The molecule has 1 saturated carbocycles. The minimum atomic E-state index is 0.0840. The molecule has 31 heavy (non-hydrogen) atoms. The lowest BCUT2D eigenvalue weighted by atomic mass is 9.79. The molecule has 6 heteroatoms. The molecular weight excluding hydrogens is 390 g/mol. The summed E-state index contributed by atoms with van der Waals surface area (Å²) < 4.78 is 18.9. The monoisotopic (exact) mass is 435 g/mol. The van der Waals surface area contributed by atoms with Gasteiger partial charge in [0.05, 0.1) is 37.5 Å². The second-order valence-corrected chi connectivity index (χ2v) is 10.8. The van der Waals surface area contributed by atoms with Crippen LogP contribution in [0.15, 0.2) is 0 Å². The van der Waals surface area contributed by atoms with E-state index in [2.05, 4.69) is 15.5 Å². The van der Waals surface area contributed by atoms with Gasteiger partial charge in [-0.05, 0) is 96.1 Å². The summed E-state index contributed by atoms with van der Waals surface area (Å²) in [5.74, 6) is 0.799. The van der Waals surface area contributed by atoms with E-state index < -0.39 is 0 Å². The Labute approximate surface area is 189 Å². The molecule has 4 bridgehead atoms. The van der Waals surface area contributed by atoms with Gasteiger partial charge in [-0.15, -0.1) is 0 Å². The molecule has 1 spiro atoms. The topological polar surface area (TPSA) is 55.0 Å². The third-order valence-corrected chi connectivity index (χ3v) is 8.80. The number of nitrogens with one attached hydrogen (secondary N) is 2. The van der Waals surface area contributed by atoms with Gasteiger partial charge in [-0.25, -0.2) is 0 Å². The SMILES string of the molecule is C1CCOC2CCCC(N2)C2CCC(CC2)OCC2N(CC1)CCCC21COCCN1. The smallest absolute Gasteiger partial charge is 0.108 e. The van der Waals surface area contributed by atoms with Gasteiger partial charge in [-0.1, -0.05) is 0 Å². The Bertz CT molecular complexity index is 543. The molecule has 5 aliphatic heterocycles. The van der Waals surface area contributed by atoms with Gasteiger partial charge in [0.15, 0.2) is 0 Å². The number of morpholine rings is 1. The zero-order valence-corrected chi connectivity index (χ0v) is 19.5. The van der Waals surface area contributed by atoms with Crippen molar-refractivity contribution in [2.45, 2.75) is 107 Å². The highest BCUT2D eigenvalue weighted by Gasteiger charge is 2.46. The van der Waals surface area contributed by atoms with Gasteiger partial charge in [0, 0.05) is 19.2 Å². The maximum Gasteiger partial charge on any atom is 0.108 e. The van der Waals surface area contributed by atoms with Gasteiger partial charge in [0.25, 0.3) is 0 Å². The summed E-state index contributed by atoms with van der Waals surface area (Å²) in [5, 5.41) is 7.75.